The molecule has 1 amide bonds. The molecule has 9 heteroatoms. The lowest BCUT2D eigenvalue weighted by atomic mass is 10.1. The van der Waals surface area contributed by atoms with E-state index in [4.69, 9.17) is 0 Å². The molecule has 0 unspecified atom stereocenters. The van der Waals surface area contributed by atoms with Crippen molar-refractivity contribution in [1.29, 1.82) is 0 Å². The van der Waals surface area contributed by atoms with Crippen molar-refractivity contribution in [3.63, 3.8) is 0 Å². The van der Waals surface area contributed by atoms with E-state index in [1.807, 2.05) is 17.6 Å². The highest BCUT2D eigenvalue weighted by molar-refractivity contribution is 6.05. The Balaban J connectivity index is 1.62. The number of rotatable bonds is 5. The maximum Gasteiger partial charge on any atom is 0.434 e. The van der Waals surface area contributed by atoms with Crippen LogP contribution in [0.3, 0.4) is 0 Å². The van der Waals surface area contributed by atoms with E-state index in [0.29, 0.717) is 12.2 Å². The maximum atomic E-state index is 13.8. The molecule has 6 nitrogen and oxygen atoms in total. The predicted octanol–water partition coefficient (Wildman–Crippen LogP) is 4.70. The Morgan fingerprint density at radius 2 is 1.90 bits per heavy atom. The highest BCUT2D eigenvalue weighted by Crippen LogP contribution is 2.34. The van der Waals surface area contributed by atoms with Crippen LogP contribution in [0.2, 0.25) is 0 Å². The minimum Gasteiger partial charge on any atom is -0.333 e. The van der Waals surface area contributed by atoms with Gasteiger partial charge in [0.05, 0.1) is 23.8 Å². The number of hydrogen-bond acceptors (Lipinski definition) is 3. The van der Waals surface area contributed by atoms with Crippen LogP contribution in [0, 0.1) is 6.92 Å². The van der Waals surface area contributed by atoms with Crippen LogP contribution in [0.5, 0.6) is 0 Å². The second-order valence-electron chi connectivity index (χ2n) is 7.04. The molecule has 0 radical (unpaired) electrons. The van der Waals surface area contributed by atoms with E-state index < -0.39 is 23.3 Å². The van der Waals surface area contributed by atoms with Gasteiger partial charge in [0.25, 0.3) is 5.91 Å². The summed E-state index contributed by atoms with van der Waals surface area (Å²) in [7, 11) is 0. The molecule has 0 saturated carbocycles. The van der Waals surface area contributed by atoms with Gasteiger partial charge in [0.15, 0.2) is 5.69 Å². The number of hydrogen-bond donors (Lipinski definition) is 1. The first-order chi connectivity index (χ1) is 14.8. The molecule has 2 aromatic carbocycles. The molecule has 0 aliphatic heterocycles. The van der Waals surface area contributed by atoms with Crippen LogP contribution >= 0.6 is 0 Å². The van der Waals surface area contributed by atoms with Crippen molar-refractivity contribution in [2.75, 3.05) is 5.32 Å². The van der Waals surface area contributed by atoms with Gasteiger partial charge in [0.1, 0.15) is 0 Å². The van der Waals surface area contributed by atoms with Gasteiger partial charge < -0.3 is 9.88 Å². The normalized spacial score (nSPS) is 11.5. The van der Waals surface area contributed by atoms with E-state index in [1.54, 1.807) is 49.1 Å². The van der Waals surface area contributed by atoms with E-state index in [9.17, 15) is 18.0 Å². The Morgan fingerprint density at radius 1 is 1.13 bits per heavy atom. The zero-order valence-electron chi connectivity index (χ0n) is 16.5. The number of benzene rings is 2. The summed E-state index contributed by atoms with van der Waals surface area (Å²) in [5.41, 5.74) is 0.704. The second kappa shape index (κ2) is 8.10. The highest BCUT2D eigenvalue weighted by Gasteiger charge is 2.40. The number of amides is 1. The van der Waals surface area contributed by atoms with E-state index >= 15 is 0 Å². The van der Waals surface area contributed by atoms with Crippen molar-refractivity contribution in [1.82, 2.24) is 19.3 Å². The largest absolute Gasteiger partial charge is 0.434 e. The highest BCUT2D eigenvalue weighted by atomic mass is 19.4. The quantitative estimate of drug-likeness (QED) is 0.504. The summed E-state index contributed by atoms with van der Waals surface area (Å²) < 4.78 is 44.1. The lowest BCUT2D eigenvalue weighted by Gasteiger charge is -2.13. The first-order valence-electron chi connectivity index (χ1n) is 9.39. The first-order valence-corrected chi connectivity index (χ1v) is 9.39. The molecule has 2 aromatic heterocycles. The Labute approximate surface area is 176 Å². The standard InChI is InChI=1S/C22H18F3N5O/c1-15-5-7-18(8-6-15)30-20(22(23,24)25)19(12-27-30)21(31)28-17-4-2-3-16(11-17)13-29-10-9-26-14-29/h2-12,14H,13H2,1H3,(H,28,31). The molecule has 0 aliphatic rings. The van der Waals surface area contributed by atoms with Gasteiger partial charge in [-0.05, 0) is 36.8 Å². The second-order valence-corrected chi connectivity index (χ2v) is 7.04. The number of halogens is 3. The smallest absolute Gasteiger partial charge is 0.333 e. The minimum absolute atomic E-state index is 0.222. The first kappa shape index (κ1) is 20.4. The van der Waals surface area contributed by atoms with Gasteiger partial charge in [-0.1, -0.05) is 29.8 Å². The van der Waals surface area contributed by atoms with Crippen LogP contribution in [-0.4, -0.2) is 25.2 Å². The molecule has 0 aliphatic carbocycles. The van der Waals surface area contributed by atoms with Gasteiger partial charge in [-0.25, -0.2) is 9.67 Å². The van der Waals surface area contributed by atoms with Crippen LogP contribution in [0.15, 0.2) is 73.4 Å². The molecule has 0 bridgehead atoms. The fraction of sp³-hybridized carbons (Fsp3) is 0.136. The molecule has 2 heterocycles. The predicted molar refractivity (Wildman–Crippen MR) is 109 cm³/mol. The summed E-state index contributed by atoms with van der Waals surface area (Å²) in [4.78, 5) is 16.7. The van der Waals surface area contributed by atoms with Crippen molar-refractivity contribution in [2.45, 2.75) is 19.6 Å². The molecule has 0 saturated heterocycles. The number of nitrogens with one attached hydrogen (secondary N) is 1. The summed E-state index contributed by atoms with van der Waals surface area (Å²) in [5.74, 6) is -0.884. The number of aromatic nitrogens is 4. The SMILES string of the molecule is Cc1ccc(-n2ncc(C(=O)Nc3cccc(Cn4ccnc4)c3)c2C(F)(F)F)cc1. The third-order valence-corrected chi connectivity index (χ3v) is 4.67. The van der Waals surface area contributed by atoms with Crippen molar-refractivity contribution < 1.29 is 18.0 Å². The molecule has 4 rings (SSSR count). The van der Waals surface area contributed by atoms with Gasteiger partial charge in [0, 0.05) is 24.6 Å². The van der Waals surface area contributed by atoms with E-state index in [-0.39, 0.29) is 5.69 Å². The van der Waals surface area contributed by atoms with E-state index in [1.165, 1.54) is 12.1 Å². The van der Waals surface area contributed by atoms with Gasteiger partial charge in [-0.2, -0.15) is 18.3 Å². The Bertz CT molecular complexity index is 1190. The number of carbonyl (C=O) groups excluding carboxylic acids is 1. The summed E-state index contributed by atoms with van der Waals surface area (Å²) in [6.45, 7) is 2.35. The number of imidazole rings is 1. The number of alkyl halides is 3. The average molecular weight is 425 g/mol. The van der Waals surface area contributed by atoms with Crippen molar-refractivity contribution in [3.05, 3.63) is 95.8 Å². The van der Waals surface area contributed by atoms with Crippen molar-refractivity contribution in [3.8, 4) is 5.69 Å². The minimum atomic E-state index is -4.77. The number of aryl methyl sites for hydroxylation is 1. The molecule has 4 aromatic rings. The van der Waals surface area contributed by atoms with Gasteiger partial charge in [0.2, 0.25) is 0 Å². The number of nitrogens with zero attached hydrogens (tertiary/aromatic N) is 4. The molecule has 31 heavy (non-hydrogen) atoms. The number of anilines is 1. The summed E-state index contributed by atoms with van der Waals surface area (Å²) in [5, 5.41) is 6.39. The molecular weight excluding hydrogens is 407 g/mol. The van der Waals surface area contributed by atoms with E-state index in [2.05, 4.69) is 15.4 Å². The van der Waals surface area contributed by atoms with Crippen LogP contribution in [0.25, 0.3) is 5.69 Å². The topological polar surface area (TPSA) is 64.7 Å². The summed E-state index contributed by atoms with van der Waals surface area (Å²) in [6, 6.07) is 13.3. The molecule has 1 N–H and O–H groups in total. The fourth-order valence-corrected chi connectivity index (χ4v) is 3.21. The third-order valence-electron chi connectivity index (χ3n) is 4.67. The van der Waals surface area contributed by atoms with Gasteiger partial charge in [-0.15, -0.1) is 0 Å². The lowest BCUT2D eigenvalue weighted by molar-refractivity contribution is -0.143. The Morgan fingerprint density at radius 3 is 2.58 bits per heavy atom. The van der Waals surface area contributed by atoms with E-state index in [0.717, 1.165) is 22.0 Å². The lowest BCUT2D eigenvalue weighted by Crippen LogP contribution is -2.20. The zero-order chi connectivity index (χ0) is 22.0. The average Bonchev–Trinajstić information content (AvgIpc) is 3.38. The maximum absolute atomic E-state index is 13.8. The summed E-state index contributed by atoms with van der Waals surface area (Å²) in [6.07, 6.45) is 1.27. The zero-order valence-corrected chi connectivity index (χ0v) is 16.5. The number of carbonyl (C=O) groups is 1. The van der Waals surface area contributed by atoms with Crippen LogP contribution in [0.1, 0.15) is 27.2 Å². The molecular formula is C22H18F3N5O. The summed E-state index contributed by atoms with van der Waals surface area (Å²) >= 11 is 0. The van der Waals surface area contributed by atoms with Gasteiger partial charge in [-0.3, -0.25) is 4.79 Å². The monoisotopic (exact) mass is 425 g/mol. The van der Waals surface area contributed by atoms with Gasteiger partial charge >= 0.3 is 6.18 Å². The van der Waals surface area contributed by atoms with Crippen molar-refractivity contribution >= 4 is 11.6 Å². The Kier molecular flexibility index (Phi) is 5.33. The van der Waals surface area contributed by atoms with Crippen LogP contribution < -0.4 is 5.32 Å². The third kappa shape index (κ3) is 4.50. The molecule has 158 valence electrons. The van der Waals surface area contributed by atoms with Crippen LogP contribution in [0.4, 0.5) is 18.9 Å². The Hall–Kier alpha value is -3.88. The molecule has 0 fully saturated rings. The van der Waals surface area contributed by atoms with Crippen LogP contribution in [-0.2, 0) is 12.7 Å². The molecule has 0 atom stereocenters. The van der Waals surface area contributed by atoms with Crippen molar-refractivity contribution in [2.24, 2.45) is 0 Å². The molecule has 0 spiro atoms. The fourth-order valence-electron chi connectivity index (χ4n) is 3.21.